The average Bonchev–Trinajstić information content (AvgIpc) is 2.79. The third-order valence-electron chi connectivity index (χ3n) is 1.89. The van der Waals surface area contributed by atoms with Crippen molar-refractivity contribution >= 4 is 28.8 Å². The molecule has 0 spiro atoms. The lowest BCUT2D eigenvalue weighted by atomic mass is 10.2. The minimum atomic E-state index is -0.377. The highest BCUT2D eigenvalue weighted by Gasteiger charge is 2.06. The van der Waals surface area contributed by atoms with E-state index < -0.39 is 0 Å². The van der Waals surface area contributed by atoms with E-state index in [2.05, 4.69) is 4.98 Å². The molecule has 16 heavy (non-hydrogen) atoms. The molecule has 0 saturated carbocycles. The van der Waals surface area contributed by atoms with Crippen molar-refractivity contribution in [3.8, 4) is 0 Å². The fourth-order valence-corrected chi connectivity index (χ4v) is 2.77. The molecule has 0 unspecified atom stereocenters. The zero-order chi connectivity index (χ0) is 11.4. The van der Waals surface area contributed by atoms with Crippen LogP contribution in [0.3, 0.4) is 0 Å². The summed E-state index contributed by atoms with van der Waals surface area (Å²) in [6.07, 6.45) is 1.75. The molecule has 2 aromatic rings. The van der Waals surface area contributed by atoms with Crippen LogP contribution in [0.5, 0.6) is 0 Å². The smallest absolute Gasteiger partial charge is 0.258 e. The summed E-state index contributed by atoms with van der Waals surface area (Å²) in [5.74, 6) is 0.704. The number of thioether (sulfide) groups is 1. The van der Waals surface area contributed by atoms with Crippen molar-refractivity contribution < 1.29 is 4.92 Å². The van der Waals surface area contributed by atoms with Gasteiger partial charge in [-0.2, -0.15) is 0 Å². The van der Waals surface area contributed by atoms with E-state index in [1.807, 2.05) is 11.4 Å². The Labute approximate surface area is 100 Å². The van der Waals surface area contributed by atoms with E-state index in [9.17, 15) is 10.1 Å². The monoisotopic (exact) mass is 252 g/mol. The number of thiazole rings is 1. The van der Waals surface area contributed by atoms with Gasteiger partial charge in [0.25, 0.3) is 5.69 Å². The Morgan fingerprint density at radius 1 is 1.50 bits per heavy atom. The summed E-state index contributed by atoms with van der Waals surface area (Å²) in [4.78, 5) is 14.3. The van der Waals surface area contributed by atoms with E-state index in [-0.39, 0.29) is 10.6 Å². The Hall–Kier alpha value is -1.40. The molecule has 0 aliphatic heterocycles. The van der Waals surface area contributed by atoms with Crippen molar-refractivity contribution in [2.75, 3.05) is 0 Å². The predicted octanol–water partition coefficient (Wildman–Crippen LogP) is 3.34. The first-order valence-electron chi connectivity index (χ1n) is 4.51. The van der Waals surface area contributed by atoms with E-state index in [0.717, 1.165) is 9.90 Å². The fourth-order valence-electron chi connectivity index (χ4n) is 1.19. The molecule has 0 saturated heterocycles. The van der Waals surface area contributed by atoms with E-state index >= 15 is 0 Å². The molecule has 2 rings (SSSR count). The van der Waals surface area contributed by atoms with Gasteiger partial charge in [0.15, 0.2) is 0 Å². The predicted molar refractivity (Wildman–Crippen MR) is 64.8 cm³/mol. The highest BCUT2D eigenvalue weighted by molar-refractivity contribution is 8.00. The third-order valence-corrected chi connectivity index (χ3v) is 3.93. The first-order chi connectivity index (χ1) is 7.75. The van der Waals surface area contributed by atoms with E-state index in [4.69, 9.17) is 0 Å². The number of non-ortho nitro benzene ring substituents is 1. The van der Waals surface area contributed by atoms with Gasteiger partial charge >= 0.3 is 0 Å². The summed E-state index contributed by atoms with van der Waals surface area (Å²) in [6.45, 7) is 0. The Morgan fingerprint density at radius 3 is 3.06 bits per heavy atom. The van der Waals surface area contributed by atoms with Crippen LogP contribution >= 0.6 is 23.1 Å². The molecule has 0 aliphatic carbocycles. The summed E-state index contributed by atoms with van der Waals surface area (Å²) in [5, 5.41) is 12.5. The van der Waals surface area contributed by atoms with Gasteiger partial charge in [-0.1, -0.05) is 23.9 Å². The quantitative estimate of drug-likeness (QED) is 0.475. The lowest BCUT2D eigenvalue weighted by Crippen LogP contribution is -1.89. The highest BCUT2D eigenvalue weighted by Crippen LogP contribution is 2.25. The third kappa shape index (κ3) is 2.80. The van der Waals surface area contributed by atoms with Crippen LogP contribution < -0.4 is 0 Å². The minimum Gasteiger partial charge on any atom is -0.258 e. The molecule has 0 amide bonds. The molecular formula is C10H8N2O2S2. The Balaban J connectivity index is 2.04. The molecule has 0 radical (unpaired) electrons. The van der Waals surface area contributed by atoms with Gasteiger partial charge in [-0.25, -0.2) is 4.98 Å². The van der Waals surface area contributed by atoms with Crippen LogP contribution in [0, 0.1) is 10.1 Å². The first kappa shape index (κ1) is 11.1. The second kappa shape index (κ2) is 5.09. The lowest BCUT2D eigenvalue weighted by molar-refractivity contribution is -0.384. The van der Waals surface area contributed by atoms with Crippen molar-refractivity contribution in [3.05, 3.63) is 51.5 Å². The molecule has 6 heteroatoms. The van der Waals surface area contributed by atoms with Crippen molar-refractivity contribution in [3.63, 3.8) is 0 Å². The standard InChI is InChI=1S/C10H8N2O2S2/c13-12(14)9-3-1-2-8(6-9)7-16-10-11-4-5-15-10/h1-6H,7H2. The van der Waals surface area contributed by atoms with Crippen LogP contribution in [0.25, 0.3) is 0 Å². The molecule has 0 bridgehead atoms. The second-order valence-corrected chi connectivity index (χ2v) is 5.13. The maximum absolute atomic E-state index is 10.6. The number of hydrogen-bond acceptors (Lipinski definition) is 5. The van der Waals surface area contributed by atoms with Crippen LogP contribution in [0.15, 0.2) is 40.2 Å². The molecule has 1 aromatic carbocycles. The summed E-state index contributed by atoms with van der Waals surface area (Å²) in [6, 6.07) is 6.68. The number of rotatable bonds is 4. The molecule has 82 valence electrons. The van der Waals surface area contributed by atoms with E-state index in [0.29, 0.717) is 5.75 Å². The lowest BCUT2D eigenvalue weighted by Gasteiger charge is -1.98. The summed E-state index contributed by atoms with van der Waals surface area (Å²) >= 11 is 3.16. The average molecular weight is 252 g/mol. The number of benzene rings is 1. The normalized spacial score (nSPS) is 10.2. The maximum Gasteiger partial charge on any atom is 0.269 e. The minimum absolute atomic E-state index is 0.136. The van der Waals surface area contributed by atoms with Gasteiger partial charge in [0.2, 0.25) is 0 Å². The van der Waals surface area contributed by atoms with Crippen LogP contribution in [0.2, 0.25) is 0 Å². The molecule has 0 fully saturated rings. The molecule has 0 N–H and O–H groups in total. The van der Waals surface area contributed by atoms with Gasteiger partial charge in [-0.05, 0) is 5.56 Å². The van der Waals surface area contributed by atoms with E-state index in [1.54, 1.807) is 41.4 Å². The van der Waals surface area contributed by atoms with Gasteiger partial charge in [-0.15, -0.1) is 11.3 Å². The van der Waals surface area contributed by atoms with Crippen LogP contribution in [-0.2, 0) is 5.75 Å². The first-order valence-corrected chi connectivity index (χ1v) is 6.38. The molecule has 4 nitrogen and oxygen atoms in total. The summed E-state index contributed by atoms with van der Waals surface area (Å²) in [5.41, 5.74) is 1.08. The molecular weight excluding hydrogens is 244 g/mol. The Kier molecular flexibility index (Phi) is 3.53. The number of nitro groups is 1. The van der Waals surface area contributed by atoms with Crippen molar-refractivity contribution in [1.29, 1.82) is 0 Å². The molecule has 1 aromatic heterocycles. The van der Waals surface area contributed by atoms with Gasteiger partial charge in [0, 0.05) is 29.5 Å². The van der Waals surface area contributed by atoms with Crippen molar-refractivity contribution in [2.24, 2.45) is 0 Å². The van der Waals surface area contributed by atoms with Crippen molar-refractivity contribution in [1.82, 2.24) is 4.98 Å². The largest absolute Gasteiger partial charge is 0.269 e. The van der Waals surface area contributed by atoms with Crippen LogP contribution in [0.1, 0.15) is 5.56 Å². The summed E-state index contributed by atoms with van der Waals surface area (Å²) in [7, 11) is 0. The topological polar surface area (TPSA) is 56.0 Å². The number of hydrogen-bond donors (Lipinski definition) is 0. The second-order valence-electron chi connectivity index (χ2n) is 3.01. The zero-order valence-electron chi connectivity index (χ0n) is 8.20. The van der Waals surface area contributed by atoms with Gasteiger partial charge in [0.05, 0.1) is 4.92 Å². The Morgan fingerprint density at radius 2 is 2.38 bits per heavy atom. The molecule has 0 atom stereocenters. The summed E-state index contributed by atoms with van der Waals surface area (Å²) < 4.78 is 0.978. The number of nitrogens with zero attached hydrogens (tertiary/aromatic N) is 2. The Bertz CT molecular complexity index is 485. The van der Waals surface area contributed by atoms with Gasteiger partial charge in [0.1, 0.15) is 4.34 Å². The number of nitro benzene ring substituents is 1. The van der Waals surface area contributed by atoms with Crippen LogP contribution in [-0.4, -0.2) is 9.91 Å². The molecule has 0 aliphatic rings. The number of aromatic nitrogens is 1. The van der Waals surface area contributed by atoms with Gasteiger partial charge < -0.3 is 0 Å². The SMILES string of the molecule is O=[N+]([O-])c1cccc(CSc2nccs2)c1. The molecule has 1 heterocycles. The van der Waals surface area contributed by atoms with Gasteiger partial charge in [-0.3, -0.25) is 10.1 Å². The fraction of sp³-hybridized carbons (Fsp3) is 0.100. The zero-order valence-corrected chi connectivity index (χ0v) is 9.83. The van der Waals surface area contributed by atoms with Crippen LogP contribution in [0.4, 0.5) is 5.69 Å². The van der Waals surface area contributed by atoms with E-state index in [1.165, 1.54) is 6.07 Å². The van der Waals surface area contributed by atoms with Crippen molar-refractivity contribution in [2.45, 2.75) is 10.1 Å². The maximum atomic E-state index is 10.6. The highest BCUT2D eigenvalue weighted by atomic mass is 32.2.